The molecule has 0 amide bonds. The van der Waals surface area contributed by atoms with Crippen LogP contribution in [-0.4, -0.2) is 4.92 Å². The molecule has 0 aliphatic carbocycles. The number of hydrogen-bond donors (Lipinski definition) is 1. The normalized spacial score (nSPS) is 13.7. The van der Waals surface area contributed by atoms with Crippen LogP contribution < -0.4 is 5.32 Å². The highest BCUT2D eigenvalue weighted by atomic mass is 19.1. The van der Waals surface area contributed by atoms with Crippen LogP contribution in [0.4, 0.5) is 10.1 Å². The molecule has 0 saturated heterocycles. The molecule has 0 aliphatic heterocycles. The number of nitrogens with one attached hydrogen (secondary N) is 1. The Morgan fingerprint density at radius 1 is 1.05 bits per heavy atom. The summed E-state index contributed by atoms with van der Waals surface area (Å²) in [5.41, 5.74) is 1.67. The van der Waals surface area contributed by atoms with E-state index in [2.05, 4.69) is 5.32 Å². The van der Waals surface area contributed by atoms with Crippen molar-refractivity contribution in [2.45, 2.75) is 25.9 Å². The minimum atomic E-state index is -0.379. The summed E-state index contributed by atoms with van der Waals surface area (Å²) >= 11 is 0. The number of rotatable bonds is 5. The van der Waals surface area contributed by atoms with Gasteiger partial charge in [0, 0.05) is 23.7 Å². The van der Waals surface area contributed by atoms with E-state index in [9.17, 15) is 14.5 Å². The van der Waals surface area contributed by atoms with Gasteiger partial charge in [0.15, 0.2) is 0 Å². The Balaban J connectivity index is 2.16. The fraction of sp³-hybridized carbons (Fsp3) is 0.250. The largest absolute Gasteiger partial charge is 0.303 e. The van der Waals surface area contributed by atoms with Crippen molar-refractivity contribution in [1.29, 1.82) is 0 Å². The average molecular weight is 288 g/mol. The zero-order chi connectivity index (χ0) is 15.4. The summed E-state index contributed by atoms with van der Waals surface area (Å²) in [6.45, 7) is 3.82. The van der Waals surface area contributed by atoms with Crippen LogP contribution in [0, 0.1) is 15.9 Å². The summed E-state index contributed by atoms with van der Waals surface area (Å²) in [6.07, 6.45) is 0. The quantitative estimate of drug-likeness (QED) is 0.664. The first kappa shape index (κ1) is 15.1. The summed E-state index contributed by atoms with van der Waals surface area (Å²) in [6, 6.07) is 12.7. The molecule has 1 N–H and O–H groups in total. The van der Waals surface area contributed by atoms with Crippen molar-refractivity contribution in [1.82, 2.24) is 5.32 Å². The van der Waals surface area contributed by atoms with Crippen molar-refractivity contribution in [2.75, 3.05) is 0 Å². The number of hydrogen-bond acceptors (Lipinski definition) is 3. The monoisotopic (exact) mass is 288 g/mol. The molecule has 0 saturated carbocycles. The van der Waals surface area contributed by atoms with Crippen molar-refractivity contribution in [3.63, 3.8) is 0 Å². The maximum absolute atomic E-state index is 12.9. The summed E-state index contributed by atoms with van der Waals surface area (Å²) in [7, 11) is 0. The van der Waals surface area contributed by atoms with Gasteiger partial charge >= 0.3 is 0 Å². The molecule has 0 heterocycles. The second-order valence-corrected chi connectivity index (χ2v) is 4.98. The van der Waals surface area contributed by atoms with Crippen LogP contribution in [0.25, 0.3) is 0 Å². The Hall–Kier alpha value is -2.27. The van der Waals surface area contributed by atoms with Gasteiger partial charge in [-0.2, -0.15) is 0 Å². The van der Waals surface area contributed by atoms with Gasteiger partial charge in [0.05, 0.1) is 4.92 Å². The second-order valence-electron chi connectivity index (χ2n) is 4.98. The lowest BCUT2D eigenvalue weighted by molar-refractivity contribution is -0.385. The minimum absolute atomic E-state index is 0.0413. The summed E-state index contributed by atoms with van der Waals surface area (Å²) in [5.74, 6) is -0.280. The van der Waals surface area contributed by atoms with E-state index in [1.54, 1.807) is 30.3 Å². The first-order chi connectivity index (χ1) is 9.99. The standard InChI is InChI=1S/C16H17FN2O2/c1-11(13-7-9-14(17)10-8-13)18-12(2)15-5-3-4-6-16(15)19(20)21/h3-12,18H,1-2H3/t11-,12?/m1/s1. The molecule has 0 bridgehead atoms. The molecule has 0 radical (unpaired) electrons. The van der Waals surface area contributed by atoms with Crippen molar-refractivity contribution in [3.05, 3.63) is 75.6 Å². The van der Waals surface area contributed by atoms with Crippen molar-refractivity contribution in [3.8, 4) is 0 Å². The first-order valence-electron chi connectivity index (χ1n) is 6.74. The molecule has 0 aromatic heterocycles. The Morgan fingerprint density at radius 2 is 1.67 bits per heavy atom. The van der Waals surface area contributed by atoms with Crippen LogP contribution in [0.15, 0.2) is 48.5 Å². The van der Waals surface area contributed by atoms with Crippen LogP contribution in [0.3, 0.4) is 0 Å². The topological polar surface area (TPSA) is 55.2 Å². The summed E-state index contributed by atoms with van der Waals surface area (Å²) in [5, 5.41) is 14.4. The minimum Gasteiger partial charge on any atom is -0.303 e. The fourth-order valence-electron chi connectivity index (χ4n) is 2.33. The van der Waals surface area contributed by atoms with Gasteiger partial charge in [-0.15, -0.1) is 0 Å². The van der Waals surface area contributed by atoms with Crippen molar-refractivity contribution < 1.29 is 9.31 Å². The van der Waals surface area contributed by atoms with Gasteiger partial charge in [-0.05, 0) is 31.5 Å². The van der Waals surface area contributed by atoms with E-state index in [-0.39, 0.29) is 28.5 Å². The number of nitro benzene ring substituents is 1. The van der Waals surface area contributed by atoms with Gasteiger partial charge in [0.1, 0.15) is 5.82 Å². The lowest BCUT2D eigenvalue weighted by Crippen LogP contribution is -2.23. The van der Waals surface area contributed by atoms with E-state index in [1.807, 2.05) is 13.8 Å². The number of halogens is 1. The number of nitrogens with zero attached hydrogens (tertiary/aromatic N) is 1. The molecule has 2 aromatic carbocycles. The highest BCUT2D eigenvalue weighted by Gasteiger charge is 2.19. The van der Waals surface area contributed by atoms with E-state index >= 15 is 0 Å². The molecular formula is C16H17FN2O2. The molecule has 0 spiro atoms. The van der Waals surface area contributed by atoms with Crippen LogP contribution in [0.1, 0.15) is 37.1 Å². The van der Waals surface area contributed by atoms with Gasteiger partial charge in [-0.25, -0.2) is 4.39 Å². The van der Waals surface area contributed by atoms with Gasteiger partial charge in [-0.3, -0.25) is 10.1 Å². The van der Waals surface area contributed by atoms with E-state index < -0.39 is 0 Å². The molecule has 4 nitrogen and oxygen atoms in total. The molecule has 2 atom stereocenters. The Kier molecular flexibility index (Phi) is 4.65. The SMILES string of the molecule is CC(N[C@H](C)c1ccc(F)cc1)c1ccccc1[N+](=O)[O-]. The van der Waals surface area contributed by atoms with E-state index in [0.29, 0.717) is 5.56 Å². The Labute approximate surface area is 122 Å². The Bertz CT molecular complexity index is 628. The molecule has 1 unspecified atom stereocenters. The first-order valence-corrected chi connectivity index (χ1v) is 6.74. The van der Waals surface area contributed by atoms with E-state index in [1.165, 1.54) is 18.2 Å². The molecule has 2 rings (SSSR count). The van der Waals surface area contributed by atoms with Crippen LogP contribution in [0.5, 0.6) is 0 Å². The maximum atomic E-state index is 12.9. The molecule has 110 valence electrons. The van der Waals surface area contributed by atoms with Crippen molar-refractivity contribution >= 4 is 5.69 Å². The Morgan fingerprint density at radius 3 is 2.29 bits per heavy atom. The number of benzene rings is 2. The molecular weight excluding hydrogens is 271 g/mol. The molecule has 0 aliphatic rings. The van der Waals surface area contributed by atoms with Crippen molar-refractivity contribution in [2.24, 2.45) is 0 Å². The lowest BCUT2D eigenvalue weighted by atomic mass is 10.0. The zero-order valence-electron chi connectivity index (χ0n) is 11.9. The molecule has 21 heavy (non-hydrogen) atoms. The highest BCUT2D eigenvalue weighted by Crippen LogP contribution is 2.26. The van der Waals surface area contributed by atoms with Gasteiger partial charge < -0.3 is 5.32 Å². The molecule has 5 heteroatoms. The predicted octanol–water partition coefficient (Wildman–Crippen LogP) is 4.15. The van der Waals surface area contributed by atoms with E-state index in [0.717, 1.165) is 5.56 Å². The second kappa shape index (κ2) is 6.45. The highest BCUT2D eigenvalue weighted by molar-refractivity contribution is 5.41. The maximum Gasteiger partial charge on any atom is 0.274 e. The molecule has 2 aromatic rings. The summed E-state index contributed by atoms with van der Waals surface area (Å²) < 4.78 is 12.9. The lowest BCUT2D eigenvalue weighted by Gasteiger charge is -2.20. The van der Waals surface area contributed by atoms with Gasteiger partial charge in [0.2, 0.25) is 0 Å². The number of nitro groups is 1. The third-order valence-corrected chi connectivity index (χ3v) is 3.47. The zero-order valence-corrected chi connectivity index (χ0v) is 11.9. The summed E-state index contributed by atoms with van der Waals surface area (Å²) in [4.78, 5) is 10.7. The average Bonchev–Trinajstić information content (AvgIpc) is 2.47. The van der Waals surface area contributed by atoms with Crippen LogP contribution >= 0.6 is 0 Å². The number of para-hydroxylation sites is 1. The molecule has 0 fully saturated rings. The van der Waals surface area contributed by atoms with Gasteiger partial charge in [-0.1, -0.05) is 30.3 Å². The third-order valence-electron chi connectivity index (χ3n) is 3.47. The third kappa shape index (κ3) is 3.64. The predicted molar refractivity (Wildman–Crippen MR) is 79.5 cm³/mol. The van der Waals surface area contributed by atoms with Gasteiger partial charge in [0.25, 0.3) is 5.69 Å². The van der Waals surface area contributed by atoms with Crippen LogP contribution in [0.2, 0.25) is 0 Å². The van der Waals surface area contributed by atoms with Crippen LogP contribution in [-0.2, 0) is 0 Å². The van der Waals surface area contributed by atoms with E-state index in [4.69, 9.17) is 0 Å². The fourth-order valence-corrected chi connectivity index (χ4v) is 2.33. The smallest absolute Gasteiger partial charge is 0.274 e.